The quantitative estimate of drug-likeness (QED) is 0.820. The fraction of sp³-hybridized carbons (Fsp3) is 0.333. The van der Waals surface area contributed by atoms with E-state index in [0.717, 1.165) is 9.35 Å². The molecule has 0 amide bonds. The maximum atomic E-state index is 9.27. The summed E-state index contributed by atoms with van der Waals surface area (Å²) in [4.78, 5) is 0.789. The Bertz CT molecular complexity index is 231. The zero-order chi connectivity index (χ0) is 8.43. The molecule has 1 rings (SSSR count). The summed E-state index contributed by atoms with van der Waals surface area (Å²) < 4.78 is 1.45. The number of rotatable bonds is 2. The molecule has 1 N–H and O–H groups in total. The van der Waals surface area contributed by atoms with Gasteiger partial charge in [-0.2, -0.15) is 0 Å². The van der Waals surface area contributed by atoms with Crippen LogP contribution < -0.4 is 0 Å². The van der Waals surface area contributed by atoms with Crippen LogP contribution in [-0.2, 0) is 0 Å². The van der Waals surface area contributed by atoms with Crippen LogP contribution in [0.3, 0.4) is 0 Å². The molecule has 1 aromatic rings. The van der Waals surface area contributed by atoms with Gasteiger partial charge in [0.05, 0.1) is 5.88 Å². The molecule has 1 aromatic heterocycles. The van der Waals surface area contributed by atoms with Crippen molar-refractivity contribution < 1.29 is 5.11 Å². The van der Waals surface area contributed by atoms with Gasteiger partial charge in [-0.15, -0.1) is 22.9 Å². The van der Waals surface area contributed by atoms with Crippen molar-refractivity contribution in [3.63, 3.8) is 0 Å². The minimum atomic E-state index is -0.606. The maximum absolute atomic E-state index is 9.27. The van der Waals surface area contributed by atoms with Crippen molar-refractivity contribution in [2.45, 2.75) is 6.10 Å². The van der Waals surface area contributed by atoms with Gasteiger partial charge < -0.3 is 5.11 Å². The average Bonchev–Trinajstić information content (AvgIpc) is 2.31. The molecule has 0 radical (unpaired) electrons. The molecule has 0 aliphatic rings. The predicted molar refractivity (Wildman–Crippen MR) is 52.7 cm³/mol. The zero-order valence-electron chi connectivity index (χ0n) is 5.35. The summed E-state index contributed by atoms with van der Waals surface area (Å²) in [5.74, 6) is 0.198. The van der Waals surface area contributed by atoms with Crippen LogP contribution in [0.1, 0.15) is 11.0 Å². The molecule has 1 unspecified atom stereocenters. The summed E-state index contributed by atoms with van der Waals surface area (Å²) in [5, 5.41) is 9.27. The SMILES string of the molecule is OC(CCl)c1cc(Br)c(Cl)s1. The van der Waals surface area contributed by atoms with E-state index in [1.54, 1.807) is 6.07 Å². The second-order valence-corrected chi connectivity index (χ2v) is 4.79. The first kappa shape index (κ1) is 9.81. The third-order valence-electron chi connectivity index (χ3n) is 1.14. The molecule has 0 bridgehead atoms. The Hall–Kier alpha value is 0.720. The molecule has 11 heavy (non-hydrogen) atoms. The number of hydrogen-bond donors (Lipinski definition) is 1. The van der Waals surface area contributed by atoms with Crippen molar-refractivity contribution in [3.8, 4) is 0 Å². The Balaban J connectivity index is 2.88. The molecule has 0 fully saturated rings. The highest BCUT2D eigenvalue weighted by Gasteiger charge is 2.11. The van der Waals surface area contributed by atoms with Crippen LogP contribution in [0.25, 0.3) is 0 Å². The monoisotopic (exact) mass is 274 g/mol. The highest BCUT2D eigenvalue weighted by atomic mass is 79.9. The Labute approximate surface area is 87.1 Å². The number of aliphatic hydroxyl groups excluding tert-OH is 1. The lowest BCUT2D eigenvalue weighted by atomic mass is 10.3. The third kappa shape index (κ3) is 2.33. The minimum Gasteiger partial charge on any atom is -0.386 e. The van der Waals surface area contributed by atoms with Crippen molar-refractivity contribution in [2.24, 2.45) is 0 Å². The highest BCUT2D eigenvalue weighted by molar-refractivity contribution is 9.10. The Kier molecular flexibility index (Phi) is 3.65. The van der Waals surface area contributed by atoms with E-state index < -0.39 is 6.10 Å². The van der Waals surface area contributed by atoms with Crippen molar-refractivity contribution in [1.29, 1.82) is 0 Å². The first-order valence-corrected chi connectivity index (χ1v) is 5.36. The lowest BCUT2D eigenvalue weighted by Crippen LogP contribution is -1.93. The van der Waals surface area contributed by atoms with Gasteiger partial charge in [0, 0.05) is 9.35 Å². The van der Waals surface area contributed by atoms with Gasteiger partial charge in [-0.05, 0) is 22.0 Å². The molecule has 1 nitrogen and oxygen atoms in total. The van der Waals surface area contributed by atoms with Gasteiger partial charge in [-0.1, -0.05) is 11.6 Å². The van der Waals surface area contributed by atoms with Crippen LogP contribution in [0, 0.1) is 0 Å². The van der Waals surface area contributed by atoms with Gasteiger partial charge in [-0.3, -0.25) is 0 Å². The van der Waals surface area contributed by atoms with Gasteiger partial charge in [0.15, 0.2) is 0 Å². The highest BCUT2D eigenvalue weighted by Crippen LogP contribution is 2.35. The number of aliphatic hydroxyl groups is 1. The lowest BCUT2D eigenvalue weighted by molar-refractivity contribution is 0.206. The molecule has 0 saturated heterocycles. The van der Waals surface area contributed by atoms with E-state index in [0.29, 0.717) is 4.34 Å². The maximum Gasteiger partial charge on any atom is 0.107 e. The second kappa shape index (κ2) is 4.10. The van der Waals surface area contributed by atoms with Gasteiger partial charge in [0.2, 0.25) is 0 Å². The summed E-state index contributed by atoms with van der Waals surface area (Å²) >= 11 is 15.8. The van der Waals surface area contributed by atoms with E-state index >= 15 is 0 Å². The molecular formula is C6H5BrCl2OS. The van der Waals surface area contributed by atoms with Crippen molar-refractivity contribution in [3.05, 3.63) is 19.8 Å². The van der Waals surface area contributed by atoms with E-state index in [1.807, 2.05) is 0 Å². The summed E-state index contributed by atoms with van der Waals surface area (Å²) in [6, 6.07) is 1.78. The lowest BCUT2D eigenvalue weighted by Gasteiger charge is -2.00. The van der Waals surface area contributed by atoms with Gasteiger partial charge in [0.1, 0.15) is 10.4 Å². The van der Waals surface area contributed by atoms with E-state index in [9.17, 15) is 5.11 Å². The molecule has 0 spiro atoms. The number of thiophene rings is 1. The summed E-state index contributed by atoms with van der Waals surface area (Å²) in [6.45, 7) is 0. The van der Waals surface area contributed by atoms with Crippen LogP contribution in [0.5, 0.6) is 0 Å². The molecule has 1 atom stereocenters. The largest absolute Gasteiger partial charge is 0.386 e. The number of alkyl halides is 1. The second-order valence-electron chi connectivity index (χ2n) is 1.94. The van der Waals surface area contributed by atoms with Crippen LogP contribution in [0.2, 0.25) is 4.34 Å². The first-order valence-electron chi connectivity index (χ1n) is 2.84. The summed E-state index contributed by atoms with van der Waals surface area (Å²) in [5.41, 5.74) is 0. The van der Waals surface area contributed by atoms with E-state index in [2.05, 4.69) is 15.9 Å². The standard InChI is InChI=1S/C6H5BrCl2OS/c7-3-1-5(4(10)2-8)11-6(3)9/h1,4,10H,2H2. The molecule has 62 valence electrons. The van der Waals surface area contributed by atoms with E-state index in [4.69, 9.17) is 23.2 Å². The fourth-order valence-corrected chi connectivity index (χ4v) is 2.58. The normalized spacial score (nSPS) is 13.5. The van der Waals surface area contributed by atoms with Crippen LogP contribution in [0.4, 0.5) is 0 Å². The molecule has 1 heterocycles. The Morgan fingerprint density at radius 3 is 2.73 bits per heavy atom. The molecule has 0 aliphatic heterocycles. The van der Waals surface area contributed by atoms with Crippen molar-refractivity contribution >= 4 is 50.5 Å². The summed E-state index contributed by atoms with van der Waals surface area (Å²) in [6.07, 6.45) is -0.606. The Morgan fingerprint density at radius 1 is 1.73 bits per heavy atom. The number of hydrogen-bond acceptors (Lipinski definition) is 2. The average molecular weight is 276 g/mol. The van der Waals surface area contributed by atoms with E-state index in [1.165, 1.54) is 11.3 Å². The molecule has 0 saturated carbocycles. The van der Waals surface area contributed by atoms with Crippen LogP contribution in [-0.4, -0.2) is 11.0 Å². The predicted octanol–water partition coefficient (Wildman–Crippen LogP) is 3.44. The molecule has 0 aliphatic carbocycles. The van der Waals surface area contributed by atoms with Gasteiger partial charge in [-0.25, -0.2) is 0 Å². The molecule has 5 heteroatoms. The summed E-state index contributed by atoms with van der Waals surface area (Å²) in [7, 11) is 0. The third-order valence-corrected chi connectivity index (χ3v) is 4.01. The number of halogens is 3. The minimum absolute atomic E-state index is 0.198. The topological polar surface area (TPSA) is 20.2 Å². The van der Waals surface area contributed by atoms with Gasteiger partial charge in [0.25, 0.3) is 0 Å². The zero-order valence-corrected chi connectivity index (χ0v) is 9.27. The van der Waals surface area contributed by atoms with E-state index in [-0.39, 0.29) is 5.88 Å². The molecule has 0 aromatic carbocycles. The van der Waals surface area contributed by atoms with Crippen molar-refractivity contribution in [1.82, 2.24) is 0 Å². The van der Waals surface area contributed by atoms with Gasteiger partial charge >= 0.3 is 0 Å². The smallest absolute Gasteiger partial charge is 0.107 e. The Morgan fingerprint density at radius 2 is 2.36 bits per heavy atom. The van der Waals surface area contributed by atoms with Crippen LogP contribution in [0.15, 0.2) is 10.5 Å². The van der Waals surface area contributed by atoms with Crippen LogP contribution >= 0.6 is 50.5 Å². The van der Waals surface area contributed by atoms with Crippen molar-refractivity contribution in [2.75, 3.05) is 5.88 Å². The fourth-order valence-electron chi connectivity index (χ4n) is 0.604. The molecular weight excluding hydrogens is 271 g/mol. The first-order chi connectivity index (χ1) is 5.15.